The summed E-state index contributed by atoms with van der Waals surface area (Å²) in [6, 6.07) is 8.94. The van der Waals surface area contributed by atoms with Gasteiger partial charge in [0.2, 0.25) is 0 Å². The number of nitriles is 1. The molecule has 0 bridgehead atoms. The summed E-state index contributed by atoms with van der Waals surface area (Å²) >= 11 is 6.19. The van der Waals surface area contributed by atoms with E-state index in [0.717, 1.165) is 36.3 Å². The molecule has 1 unspecified atom stereocenters. The number of carbonyl (C=O) groups is 2. The molecule has 158 valence electrons. The molecule has 1 fully saturated rings. The quantitative estimate of drug-likeness (QED) is 0.725. The van der Waals surface area contributed by atoms with Crippen LogP contribution in [0.25, 0.3) is 5.69 Å². The van der Waals surface area contributed by atoms with Crippen LogP contribution in [0.15, 0.2) is 24.3 Å². The third kappa shape index (κ3) is 4.49. The predicted molar refractivity (Wildman–Crippen MR) is 112 cm³/mol. The van der Waals surface area contributed by atoms with Gasteiger partial charge in [-0.2, -0.15) is 10.4 Å². The van der Waals surface area contributed by atoms with Gasteiger partial charge in [0.25, 0.3) is 5.91 Å². The Hall–Kier alpha value is -2.85. The van der Waals surface area contributed by atoms with Gasteiger partial charge in [-0.1, -0.05) is 30.9 Å². The Morgan fingerprint density at radius 1 is 1.23 bits per heavy atom. The van der Waals surface area contributed by atoms with Crippen LogP contribution in [0.2, 0.25) is 5.02 Å². The zero-order valence-electron chi connectivity index (χ0n) is 17.4. The second kappa shape index (κ2) is 8.88. The lowest BCUT2D eigenvalue weighted by molar-refractivity contribution is -0.130. The van der Waals surface area contributed by atoms with Crippen LogP contribution >= 0.6 is 11.6 Å². The maximum Gasteiger partial charge on any atom is 0.338 e. The lowest BCUT2D eigenvalue weighted by Gasteiger charge is -2.32. The van der Waals surface area contributed by atoms with Gasteiger partial charge in [0, 0.05) is 0 Å². The monoisotopic (exact) mass is 428 g/mol. The van der Waals surface area contributed by atoms with Gasteiger partial charge in [-0.25, -0.2) is 9.48 Å². The largest absolute Gasteiger partial charge is 0.449 e. The molecule has 7 nitrogen and oxygen atoms in total. The summed E-state index contributed by atoms with van der Waals surface area (Å²) in [7, 11) is 0. The molecule has 1 N–H and O–H groups in total. The molecule has 1 aliphatic rings. The van der Waals surface area contributed by atoms with Crippen molar-refractivity contribution < 1.29 is 14.3 Å². The van der Waals surface area contributed by atoms with Crippen LogP contribution in [0.3, 0.4) is 0 Å². The van der Waals surface area contributed by atoms with Gasteiger partial charge in [0.15, 0.2) is 6.10 Å². The van der Waals surface area contributed by atoms with Gasteiger partial charge in [0.1, 0.15) is 5.54 Å². The van der Waals surface area contributed by atoms with E-state index in [1.54, 1.807) is 28.9 Å². The number of hydrogen-bond donors (Lipinski definition) is 1. The maximum absolute atomic E-state index is 12.5. The van der Waals surface area contributed by atoms with Gasteiger partial charge in [-0.15, -0.1) is 0 Å². The highest BCUT2D eigenvalue weighted by atomic mass is 35.5. The van der Waals surface area contributed by atoms with E-state index in [2.05, 4.69) is 16.5 Å². The molecule has 1 heterocycles. The fourth-order valence-corrected chi connectivity index (χ4v) is 3.77. The van der Waals surface area contributed by atoms with E-state index in [4.69, 9.17) is 16.3 Å². The van der Waals surface area contributed by atoms with Crippen LogP contribution in [0.1, 0.15) is 60.8 Å². The third-order valence-corrected chi connectivity index (χ3v) is 6.03. The number of amides is 1. The lowest BCUT2D eigenvalue weighted by Crippen LogP contribution is -2.52. The number of hydrogen-bond acceptors (Lipinski definition) is 5. The molecular weight excluding hydrogens is 404 g/mol. The fraction of sp³-hybridized carbons (Fsp3) is 0.455. The Balaban J connectivity index is 1.64. The number of carbonyl (C=O) groups excluding carboxylic acids is 2. The normalized spacial score (nSPS) is 16.4. The number of nitrogens with zero attached hydrogens (tertiary/aromatic N) is 3. The van der Waals surface area contributed by atoms with Crippen molar-refractivity contribution in [1.29, 1.82) is 5.26 Å². The summed E-state index contributed by atoms with van der Waals surface area (Å²) in [5, 5.41) is 17.3. The molecule has 1 atom stereocenters. The molecule has 1 aromatic carbocycles. The zero-order valence-corrected chi connectivity index (χ0v) is 18.1. The highest BCUT2D eigenvalue weighted by Crippen LogP contribution is 2.28. The summed E-state index contributed by atoms with van der Waals surface area (Å²) in [5.41, 5.74) is 1.75. The molecule has 1 saturated carbocycles. The molecule has 0 saturated heterocycles. The number of benzene rings is 1. The minimum atomic E-state index is -1.00. The van der Waals surface area contributed by atoms with E-state index < -0.39 is 23.5 Å². The van der Waals surface area contributed by atoms with E-state index in [-0.39, 0.29) is 0 Å². The van der Waals surface area contributed by atoms with E-state index in [0.29, 0.717) is 23.4 Å². The number of rotatable bonds is 5. The number of esters is 1. The summed E-state index contributed by atoms with van der Waals surface area (Å²) in [5.74, 6) is -1.06. The van der Waals surface area contributed by atoms with Crippen LogP contribution in [-0.2, 0) is 9.53 Å². The van der Waals surface area contributed by atoms with Crippen molar-refractivity contribution in [1.82, 2.24) is 15.1 Å². The van der Waals surface area contributed by atoms with Crippen LogP contribution in [-0.4, -0.2) is 33.3 Å². The average Bonchev–Trinajstić information content (AvgIpc) is 3.01. The first kappa shape index (κ1) is 21.8. The highest BCUT2D eigenvalue weighted by Gasteiger charge is 2.35. The Bertz CT molecular complexity index is 985. The molecule has 8 heteroatoms. The van der Waals surface area contributed by atoms with E-state index in [9.17, 15) is 14.9 Å². The fourth-order valence-electron chi connectivity index (χ4n) is 3.65. The molecule has 1 amide bonds. The molecule has 1 aliphatic carbocycles. The van der Waals surface area contributed by atoms with Crippen LogP contribution < -0.4 is 5.32 Å². The predicted octanol–water partition coefficient (Wildman–Crippen LogP) is 4.03. The first-order valence-electron chi connectivity index (χ1n) is 10.0. The topological polar surface area (TPSA) is 97.0 Å². The minimum Gasteiger partial charge on any atom is -0.449 e. The van der Waals surface area contributed by atoms with E-state index in [1.807, 2.05) is 13.8 Å². The molecule has 30 heavy (non-hydrogen) atoms. The lowest BCUT2D eigenvalue weighted by atomic mass is 9.83. The van der Waals surface area contributed by atoms with Crippen molar-refractivity contribution >= 4 is 23.5 Å². The smallest absolute Gasteiger partial charge is 0.338 e. The summed E-state index contributed by atoms with van der Waals surface area (Å²) < 4.78 is 7.02. The number of nitrogens with one attached hydrogen (secondary N) is 1. The number of aromatic nitrogens is 2. The first-order valence-corrected chi connectivity index (χ1v) is 10.4. The Labute approximate surface area is 181 Å². The Morgan fingerprint density at radius 3 is 2.40 bits per heavy atom. The molecular formula is C22H25ClN4O3. The number of ether oxygens (including phenoxy) is 1. The summed E-state index contributed by atoms with van der Waals surface area (Å²) in [6.45, 7) is 5.20. The Morgan fingerprint density at radius 2 is 1.87 bits per heavy atom. The van der Waals surface area contributed by atoms with Crippen molar-refractivity contribution in [2.45, 2.75) is 64.5 Å². The van der Waals surface area contributed by atoms with Gasteiger partial charge >= 0.3 is 5.97 Å². The average molecular weight is 429 g/mol. The van der Waals surface area contributed by atoms with E-state index >= 15 is 0 Å². The molecule has 1 aromatic heterocycles. The van der Waals surface area contributed by atoms with Gasteiger partial charge in [-0.05, 0) is 57.9 Å². The summed E-state index contributed by atoms with van der Waals surface area (Å²) in [4.78, 5) is 25.0. The molecule has 0 spiro atoms. The molecule has 0 radical (unpaired) electrons. The molecule has 2 aromatic rings. The molecule has 0 aliphatic heterocycles. The van der Waals surface area contributed by atoms with Crippen LogP contribution in [0.4, 0.5) is 0 Å². The van der Waals surface area contributed by atoms with Crippen LogP contribution in [0, 0.1) is 25.2 Å². The van der Waals surface area contributed by atoms with Crippen molar-refractivity contribution in [3.05, 3.63) is 46.2 Å². The summed E-state index contributed by atoms with van der Waals surface area (Å²) in [6.07, 6.45) is 3.09. The SMILES string of the molecule is Cc1nn(-c2ccc(C(=O)OC(C)C(=O)NC3(C#N)CCCCC3)cc2)c(C)c1Cl. The van der Waals surface area contributed by atoms with Gasteiger partial charge in [-0.3, -0.25) is 4.79 Å². The van der Waals surface area contributed by atoms with Crippen molar-refractivity contribution in [2.75, 3.05) is 0 Å². The first-order chi connectivity index (χ1) is 14.3. The second-order valence-electron chi connectivity index (χ2n) is 7.73. The number of halogens is 1. The minimum absolute atomic E-state index is 0.318. The maximum atomic E-state index is 12.5. The van der Waals surface area contributed by atoms with Crippen molar-refractivity contribution in [3.8, 4) is 11.8 Å². The number of aryl methyl sites for hydroxylation is 1. The third-order valence-electron chi connectivity index (χ3n) is 5.49. The van der Waals surface area contributed by atoms with Crippen LogP contribution in [0.5, 0.6) is 0 Å². The molecule has 3 rings (SSSR count). The second-order valence-corrected chi connectivity index (χ2v) is 8.11. The van der Waals surface area contributed by atoms with Gasteiger partial charge < -0.3 is 10.1 Å². The zero-order chi connectivity index (χ0) is 21.9. The van der Waals surface area contributed by atoms with Crippen molar-refractivity contribution in [2.24, 2.45) is 0 Å². The standard InChI is InChI=1S/C22H25ClN4O3/c1-14-19(23)15(2)27(26-14)18-9-7-17(8-10-18)21(29)30-16(3)20(28)25-22(13-24)11-5-4-6-12-22/h7-10,16H,4-6,11-12H2,1-3H3,(H,25,28). The van der Waals surface area contributed by atoms with Gasteiger partial charge in [0.05, 0.1) is 33.7 Å². The Kier molecular flexibility index (Phi) is 6.47. The van der Waals surface area contributed by atoms with Crippen molar-refractivity contribution in [3.63, 3.8) is 0 Å². The highest BCUT2D eigenvalue weighted by molar-refractivity contribution is 6.31. The van der Waals surface area contributed by atoms with E-state index in [1.165, 1.54) is 6.92 Å².